The molecule has 0 saturated carbocycles. The van der Waals surface area contributed by atoms with Crippen molar-refractivity contribution in [3.05, 3.63) is 47.7 Å². The van der Waals surface area contributed by atoms with E-state index in [1.54, 1.807) is 18.5 Å². The van der Waals surface area contributed by atoms with Crippen molar-refractivity contribution < 1.29 is 78.4 Å². The van der Waals surface area contributed by atoms with E-state index in [1.165, 1.54) is 19.2 Å². The zero-order chi connectivity index (χ0) is 33.1. The minimum absolute atomic E-state index is 0.0250. The van der Waals surface area contributed by atoms with E-state index in [1.807, 2.05) is 0 Å². The summed E-state index contributed by atoms with van der Waals surface area (Å²) in [6, 6.07) is 4.51. The smallest absolute Gasteiger partial charge is 0.475 e. The van der Waals surface area contributed by atoms with Crippen LogP contribution in [0.5, 0.6) is 0 Å². The van der Waals surface area contributed by atoms with Crippen LogP contribution in [0, 0.1) is 5.82 Å². The molecule has 1 aromatic heterocycles. The summed E-state index contributed by atoms with van der Waals surface area (Å²) >= 11 is 0. The van der Waals surface area contributed by atoms with Crippen LogP contribution in [-0.4, -0.2) is 87.8 Å². The van der Waals surface area contributed by atoms with Gasteiger partial charge in [0.05, 0.1) is 17.0 Å². The van der Waals surface area contributed by atoms with Gasteiger partial charge in [-0.2, -0.15) is 39.5 Å². The van der Waals surface area contributed by atoms with Crippen LogP contribution in [0.4, 0.5) is 43.9 Å². The summed E-state index contributed by atoms with van der Waals surface area (Å²) in [5.41, 5.74) is 2.20. The third-order valence-electron chi connectivity index (χ3n) is 4.34. The van der Waals surface area contributed by atoms with Crippen molar-refractivity contribution >= 4 is 23.8 Å². The molecule has 0 unspecified atom stereocenters. The van der Waals surface area contributed by atoms with Crippen molar-refractivity contribution in [1.29, 1.82) is 0 Å². The fourth-order valence-corrected chi connectivity index (χ4v) is 2.33. The fourth-order valence-electron chi connectivity index (χ4n) is 2.33. The molecule has 42 heavy (non-hydrogen) atoms. The first-order valence-electron chi connectivity index (χ1n) is 10.5. The number of carboxylic acids is 3. The number of rotatable bonds is 3. The maximum absolute atomic E-state index is 14.1. The van der Waals surface area contributed by atoms with Crippen molar-refractivity contribution in [2.24, 2.45) is 0 Å². The Morgan fingerprint density at radius 2 is 1.21 bits per heavy atom. The summed E-state index contributed by atoms with van der Waals surface area (Å²) in [5, 5.41) is 27.0. The lowest BCUT2D eigenvalue weighted by Crippen LogP contribution is -2.40. The number of carbonyl (C=O) groups is 4. The van der Waals surface area contributed by atoms with Crippen LogP contribution in [0.3, 0.4) is 0 Å². The number of alkyl halides is 9. The first kappa shape index (κ1) is 37.4. The first-order valence-corrected chi connectivity index (χ1v) is 10.5. The van der Waals surface area contributed by atoms with Gasteiger partial charge in [0.2, 0.25) is 0 Å². The minimum atomic E-state index is -5.08. The summed E-state index contributed by atoms with van der Waals surface area (Å²) < 4.78 is 109. The standard InChI is InChI=1S/C15H15FN4O.3C2HF3O2/c1-17-15(21)11-3-2-9(6-12(11)16)13-14(10-7-18-8-10)20-5-4-19-13;3*3-2(4,5)1(6)7/h2-6,10,18H,7-8H2,1H3,(H,17,21);3*(H,6,7). The van der Waals surface area contributed by atoms with Crippen molar-refractivity contribution in [1.82, 2.24) is 20.6 Å². The Morgan fingerprint density at radius 3 is 1.52 bits per heavy atom. The third-order valence-corrected chi connectivity index (χ3v) is 4.34. The zero-order valence-electron chi connectivity index (χ0n) is 20.5. The number of halogens is 10. The van der Waals surface area contributed by atoms with Crippen molar-refractivity contribution in [2.45, 2.75) is 24.4 Å². The summed E-state index contributed by atoms with van der Waals surface area (Å²) in [6.07, 6.45) is -12.0. The Labute approximate surface area is 227 Å². The lowest BCUT2D eigenvalue weighted by atomic mass is 9.94. The molecule has 0 aliphatic carbocycles. The van der Waals surface area contributed by atoms with Gasteiger partial charge < -0.3 is 26.0 Å². The number of carbonyl (C=O) groups excluding carboxylic acids is 1. The zero-order valence-corrected chi connectivity index (χ0v) is 20.5. The number of benzene rings is 1. The number of aromatic nitrogens is 2. The molecule has 21 heteroatoms. The SMILES string of the molecule is CNC(=O)c1ccc(-c2nccnc2C2CNC2)cc1F.O=C(O)C(F)(F)F.O=C(O)C(F)(F)F.O=C(O)C(F)(F)F. The van der Waals surface area contributed by atoms with Gasteiger partial charge in [0.25, 0.3) is 5.91 Å². The minimum Gasteiger partial charge on any atom is -0.475 e. The predicted octanol–water partition coefficient (Wildman–Crippen LogP) is 3.23. The maximum Gasteiger partial charge on any atom is 0.490 e. The highest BCUT2D eigenvalue weighted by molar-refractivity contribution is 5.94. The summed E-state index contributed by atoms with van der Waals surface area (Å²) in [4.78, 5) is 46.9. The Morgan fingerprint density at radius 1 is 0.810 bits per heavy atom. The molecule has 0 radical (unpaired) electrons. The molecule has 5 N–H and O–H groups in total. The molecule has 0 atom stereocenters. The lowest BCUT2D eigenvalue weighted by molar-refractivity contribution is -0.193. The highest BCUT2D eigenvalue weighted by Crippen LogP contribution is 2.28. The molecular weight excluding hydrogens is 610 g/mol. The molecule has 234 valence electrons. The van der Waals surface area contributed by atoms with E-state index in [0.717, 1.165) is 18.8 Å². The number of aliphatic carboxylic acids is 3. The Kier molecular flexibility index (Phi) is 13.8. The number of hydrogen-bond donors (Lipinski definition) is 5. The second kappa shape index (κ2) is 15.4. The van der Waals surface area contributed by atoms with E-state index in [2.05, 4.69) is 20.6 Å². The topological polar surface area (TPSA) is 179 Å². The molecule has 1 aliphatic heterocycles. The molecule has 0 bridgehead atoms. The van der Waals surface area contributed by atoms with Gasteiger partial charge in [-0.25, -0.2) is 18.8 Å². The summed E-state index contributed by atoms with van der Waals surface area (Å²) in [6.45, 7) is 1.70. The summed E-state index contributed by atoms with van der Waals surface area (Å²) in [5.74, 6) is -8.97. The van der Waals surface area contributed by atoms with Crippen LogP contribution in [0.1, 0.15) is 22.0 Å². The van der Waals surface area contributed by atoms with Crippen LogP contribution in [0.2, 0.25) is 0 Å². The number of carboxylic acid groups (broad SMARTS) is 3. The molecule has 0 spiro atoms. The second-order valence-electron chi connectivity index (χ2n) is 7.33. The molecule has 1 saturated heterocycles. The third kappa shape index (κ3) is 12.7. The highest BCUT2D eigenvalue weighted by atomic mass is 19.4. The van der Waals surface area contributed by atoms with Crippen molar-refractivity contribution in [2.75, 3.05) is 20.1 Å². The number of nitrogens with zero attached hydrogens (tertiary/aromatic N) is 2. The van der Waals surface area contributed by atoms with Gasteiger partial charge in [-0.15, -0.1) is 0 Å². The molecule has 1 fully saturated rings. The van der Waals surface area contributed by atoms with Crippen LogP contribution in [-0.2, 0) is 14.4 Å². The van der Waals surface area contributed by atoms with Gasteiger partial charge in [0, 0.05) is 44.0 Å². The van der Waals surface area contributed by atoms with Gasteiger partial charge in [-0.05, 0) is 12.1 Å². The molecule has 2 heterocycles. The molecule has 1 amide bonds. The largest absolute Gasteiger partial charge is 0.490 e. The average molecular weight is 628 g/mol. The predicted molar refractivity (Wildman–Crippen MR) is 117 cm³/mol. The van der Waals surface area contributed by atoms with Crippen LogP contribution in [0.25, 0.3) is 11.3 Å². The Hall–Kier alpha value is -4.56. The molecule has 1 aliphatic rings. The Balaban J connectivity index is 0.000000660. The normalized spacial score (nSPS) is 12.9. The monoisotopic (exact) mass is 628 g/mol. The second-order valence-corrected chi connectivity index (χ2v) is 7.33. The quantitative estimate of drug-likeness (QED) is 0.317. The maximum atomic E-state index is 14.1. The first-order chi connectivity index (χ1) is 19.0. The van der Waals surface area contributed by atoms with E-state index in [9.17, 15) is 48.7 Å². The molecule has 1 aromatic carbocycles. The van der Waals surface area contributed by atoms with E-state index in [-0.39, 0.29) is 5.56 Å². The number of hydrogen-bond acceptors (Lipinski definition) is 7. The van der Waals surface area contributed by atoms with Gasteiger partial charge in [-0.1, -0.05) is 6.07 Å². The molecular formula is C21H18F10N4O7. The lowest BCUT2D eigenvalue weighted by Gasteiger charge is -2.27. The van der Waals surface area contributed by atoms with Crippen LogP contribution >= 0.6 is 0 Å². The Bertz CT molecular complexity index is 1190. The van der Waals surface area contributed by atoms with E-state index in [0.29, 0.717) is 17.2 Å². The van der Waals surface area contributed by atoms with E-state index < -0.39 is 48.2 Å². The fraction of sp³-hybridized carbons (Fsp3) is 0.333. The number of amides is 1. The van der Waals surface area contributed by atoms with Crippen molar-refractivity contribution in [3.8, 4) is 11.3 Å². The van der Waals surface area contributed by atoms with Crippen LogP contribution in [0.15, 0.2) is 30.6 Å². The molecule has 3 rings (SSSR count). The van der Waals surface area contributed by atoms with Gasteiger partial charge in [0.15, 0.2) is 0 Å². The molecule has 2 aromatic rings. The average Bonchev–Trinajstić information content (AvgIpc) is 2.82. The summed E-state index contributed by atoms with van der Waals surface area (Å²) in [7, 11) is 1.47. The highest BCUT2D eigenvalue weighted by Gasteiger charge is 2.39. The van der Waals surface area contributed by atoms with Crippen molar-refractivity contribution in [3.63, 3.8) is 0 Å². The van der Waals surface area contributed by atoms with Gasteiger partial charge >= 0.3 is 36.4 Å². The van der Waals surface area contributed by atoms with Crippen LogP contribution < -0.4 is 10.6 Å². The number of nitrogens with one attached hydrogen (secondary N) is 2. The van der Waals surface area contributed by atoms with Gasteiger partial charge in [-0.3, -0.25) is 14.8 Å². The van der Waals surface area contributed by atoms with E-state index in [4.69, 9.17) is 29.7 Å². The van der Waals surface area contributed by atoms with Gasteiger partial charge in [0.1, 0.15) is 5.82 Å². The van der Waals surface area contributed by atoms with E-state index >= 15 is 0 Å². The molecule has 11 nitrogen and oxygen atoms in total.